The Labute approximate surface area is 123 Å². The van der Waals surface area contributed by atoms with Gasteiger partial charge in [-0.25, -0.2) is 18.1 Å². The van der Waals surface area contributed by atoms with Crippen LogP contribution in [0, 0.1) is 0 Å². The summed E-state index contributed by atoms with van der Waals surface area (Å²) in [6.45, 7) is 2.93. The first-order valence-corrected chi connectivity index (χ1v) is 8.06. The highest BCUT2D eigenvalue weighted by Gasteiger charge is 2.14. The summed E-state index contributed by atoms with van der Waals surface area (Å²) in [6.07, 6.45) is 3.84. The molecule has 0 aliphatic carbocycles. The van der Waals surface area contributed by atoms with E-state index in [0.29, 0.717) is 11.5 Å². The highest BCUT2D eigenvalue weighted by atomic mass is 32.2. The van der Waals surface area contributed by atoms with Crippen molar-refractivity contribution in [1.29, 1.82) is 0 Å². The minimum absolute atomic E-state index is 0.0893. The lowest BCUT2D eigenvalue weighted by Crippen LogP contribution is -2.24. The summed E-state index contributed by atoms with van der Waals surface area (Å²) in [4.78, 5) is 4.20. The molecule has 0 atom stereocenters. The Morgan fingerprint density at radius 1 is 1.24 bits per heavy atom. The van der Waals surface area contributed by atoms with Crippen molar-refractivity contribution in [3.8, 4) is 0 Å². The highest BCUT2D eigenvalue weighted by molar-refractivity contribution is 7.89. The Morgan fingerprint density at radius 2 is 2.10 bits per heavy atom. The quantitative estimate of drug-likeness (QED) is 0.797. The third-order valence-corrected chi connectivity index (χ3v) is 4.06. The van der Waals surface area contributed by atoms with Gasteiger partial charge in [0, 0.05) is 18.9 Å². The smallest absolute Gasteiger partial charge is 0.242 e. The van der Waals surface area contributed by atoms with Crippen LogP contribution in [0.15, 0.2) is 41.6 Å². The molecule has 21 heavy (non-hydrogen) atoms. The van der Waals surface area contributed by atoms with Gasteiger partial charge in [0.25, 0.3) is 0 Å². The predicted molar refractivity (Wildman–Crippen MR) is 79.1 cm³/mol. The first-order valence-electron chi connectivity index (χ1n) is 6.58. The molecule has 2 rings (SSSR count). The van der Waals surface area contributed by atoms with Crippen molar-refractivity contribution in [2.45, 2.75) is 24.8 Å². The molecule has 0 aliphatic heterocycles. The first kappa shape index (κ1) is 15.3. The van der Waals surface area contributed by atoms with Gasteiger partial charge in [0.05, 0.1) is 12.2 Å². The van der Waals surface area contributed by atoms with Gasteiger partial charge >= 0.3 is 0 Å². The summed E-state index contributed by atoms with van der Waals surface area (Å²) in [5, 5.41) is 10.6. The molecule has 112 valence electrons. The summed E-state index contributed by atoms with van der Waals surface area (Å²) in [5.41, 5.74) is 0.551. The molecule has 2 N–H and O–H groups in total. The Morgan fingerprint density at radius 3 is 2.71 bits per heavy atom. The summed E-state index contributed by atoms with van der Waals surface area (Å²) < 4.78 is 26.7. The van der Waals surface area contributed by atoms with E-state index in [1.807, 2.05) is 6.92 Å². The van der Waals surface area contributed by atoms with Crippen LogP contribution in [0.4, 0.5) is 5.82 Å². The third kappa shape index (κ3) is 4.47. The number of pyridine rings is 1. The van der Waals surface area contributed by atoms with E-state index in [1.165, 1.54) is 18.5 Å². The molecule has 2 aromatic rings. The molecule has 0 unspecified atom stereocenters. The van der Waals surface area contributed by atoms with Crippen molar-refractivity contribution in [3.63, 3.8) is 0 Å². The second-order valence-corrected chi connectivity index (χ2v) is 6.11. The molecule has 0 aromatic carbocycles. The van der Waals surface area contributed by atoms with Crippen LogP contribution in [0.3, 0.4) is 0 Å². The van der Waals surface area contributed by atoms with Gasteiger partial charge in [0.2, 0.25) is 10.0 Å². The Bertz CT molecular complexity index is 659. The SMILES string of the molecule is CCCNc1ccc(S(=O)(=O)NCc2cccnn2)cn1. The zero-order chi connectivity index (χ0) is 15.1. The van der Waals surface area contributed by atoms with Crippen LogP contribution in [0.5, 0.6) is 0 Å². The third-order valence-electron chi connectivity index (χ3n) is 2.67. The maximum atomic E-state index is 12.1. The molecule has 2 aromatic heterocycles. The Balaban J connectivity index is 2.02. The molecule has 0 aliphatic rings. The number of sulfonamides is 1. The fourth-order valence-corrected chi connectivity index (χ4v) is 2.52. The lowest BCUT2D eigenvalue weighted by atomic mass is 10.4. The van der Waals surface area contributed by atoms with Crippen molar-refractivity contribution in [1.82, 2.24) is 19.9 Å². The molecule has 0 bridgehead atoms. The van der Waals surface area contributed by atoms with Gasteiger partial charge in [-0.2, -0.15) is 10.2 Å². The maximum absolute atomic E-state index is 12.1. The van der Waals surface area contributed by atoms with Gasteiger partial charge in [0.15, 0.2) is 0 Å². The summed E-state index contributed by atoms with van der Waals surface area (Å²) in [5.74, 6) is 0.657. The fraction of sp³-hybridized carbons (Fsp3) is 0.308. The molecular weight excluding hydrogens is 290 g/mol. The van der Waals surface area contributed by atoms with Crippen LogP contribution in [0.1, 0.15) is 19.0 Å². The molecule has 0 spiro atoms. The molecule has 0 radical (unpaired) electrons. The number of anilines is 1. The minimum Gasteiger partial charge on any atom is -0.370 e. The number of hydrogen-bond acceptors (Lipinski definition) is 6. The van der Waals surface area contributed by atoms with Gasteiger partial charge in [-0.1, -0.05) is 6.92 Å². The van der Waals surface area contributed by atoms with Gasteiger partial charge in [-0.15, -0.1) is 0 Å². The molecule has 7 nitrogen and oxygen atoms in total. The van der Waals surface area contributed by atoms with Crippen LogP contribution in [-0.2, 0) is 16.6 Å². The van der Waals surface area contributed by atoms with Gasteiger partial charge < -0.3 is 5.32 Å². The van der Waals surface area contributed by atoms with Crippen LogP contribution in [-0.4, -0.2) is 30.1 Å². The number of nitrogens with one attached hydrogen (secondary N) is 2. The normalized spacial score (nSPS) is 11.3. The summed E-state index contributed by atoms with van der Waals surface area (Å²) >= 11 is 0. The second kappa shape index (κ2) is 7.09. The number of hydrogen-bond donors (Lipinski definition) is 2. The van der Waals surface area contributed by atoms with Crippen molar-refractivity contribution >= 4 is 15.8 Å². The minimum atomic E-state index is -3.60. The highest BCUT2D eigenvalue weighted by Crippen LogP contribution is 2.11. The van der Waals surface area contributed by atoms with Crippen molar-refractivity contribution in [2.24, 2.45) is 0 Å². The van der Waals surface area contributed by atoms with E-state index in [1.54, 1.807) is 18.2 Å². The van der Waals surface area contributed by atoms with E-state index in [4.69, 9.17) is 0 Å². The lowest BCUT2D eigenvalue weighted by molar-refractivity contribution is 0.579. The van der Waals surface area contributed by atoms with E-state index < -0.39 is 10.0 Å². The van der Waals surface area contributed by atoms with Gasteiger partial charge in [0.1, 0.15) is 10.7 Å². The zero-order valence-corrected chi connectivity index (χ0v) is 12.5. The predicted octanol–water partition coefficient (Wildman–Crippen LogP) is 1.17. The standard InChI is InChI=1S/C13H17N5O2S/c1-2-7-14-13-6-5-12(10-15-13)21(19,20)17-9-11-4-3-8-16-18-11/h3-6,8,10,17H,2,7,9H2,1H3,(H,14,15). The van der Waals surface area contributed by atoms with Crippen molar-refractivity contribution in [3.05, 3.63) is 42.4 Å². The average molecular weight is 307 g/mol. The van der Waals surface area contributed by atoms with Crippen molar-refractivity contribution < 1.29 is 8.42 Å². The molecule has 2 heterocycles. The zero-order valence-electron chi connectivity index (χ0n) is 11.7. The fourth-order valence-electron chi connectivity index (χ4n) is 1.58. The molecule has 0 amide bonds. The van der Waals surface area contributed by atoms with Crippen LogP contribution in [0.25, 0.3) is 0 Å². The van der Waals surface area contributed by atoms with E-state index >= 15 is 0 Å². The Hall–Kier alpha value is -2.06. The largest absolute Gasteiger partial charge is 0.370 e. The molecule has 0 fully saturated rings. The maximum Gasteiger partial charge on any atom is 0.242 e. The molecular formula is C13H17N5O2S. The summed E-state index contributed by atoms with van der Waals surface area (Å²) in [6, 6.07) is 6.56. The van der Waals surface area contributed by atoms with E-state index in [-0.39, 0.29) is 11.4 Å². The number of aromatic nitrogens is 3. The topological polar surface area (TPSA) is 96.9 Å². The van der Waals surface area contributed by atoms with E-state index in [2.05, 4.69) is 25.2 Å². The lowest BCUT2D eigenvalue weighted by Gasteiger charge is -2.07. The van der Waals surface area contributed by atoms with E-state index in [9.17, 15) is 8.42 Å². The van der Waals surface area contributed by atoms with E-state index in [0.717, 1.165) is 13.0 Å². The van der Waals surface area contributed by atoms with Crippen molar-refractivity contribution in [2.75, 3.05) is 11.9 Å². The second-order valence-electron chi connectivity index (χ2n) is 4.35. The average Bonchev–Trinajstić information content (AvgIpc) is 2.52. The van der Waals surface area contributed by atoms with Crippen LogP contribution in [0.2, 0.25) is 0 Å². The van der Waals surface area contributed by atoms with Crippen LogP contribution < -0.4 is 10.0 Å². The molecule has 8 heteroatoms. The first-order chi connectivity index (χ1) is 10.1. The van der Waals surface area contributed by atoms with Crippen LogP contribution >= 0.6 is 0 Å². The Kier molecular flexibility index (Phi) is 5.18. The van der Waals surface area contributed by atoms with Gasteiger partial charge in [-0.05, 0) is 30.7 Å². The molecule has 0 saturated carbocycles. The van der Waals surface area contributed by atoms with Gasteiger partial charge in [-0.3, -0.25) is 0 Å². The molecule has 0 saturated heterocycles. The summed E-state index contributed by atoms with van der Waals surface area (Å²) in [7, 11) is -3.60. The monoisotopic (exact) mass is 307 g/mol. The number of rotatable bonds is 7. The number of nitrogens with zero attached hydrogens (tertiary/aromatic N) is 3.